The smallest absolute Gasteiger partial charge is 0.170 e. The van der Waals surface area contributed by atoms with E-state index in [2.05, 4.69) is 25.6 Å². The maximum atomic E-state index is 14.4. The van der Waals surface area contributed by atoms with Crippen LogP contribution in [0.15, 0.2) is 36.7 Å². The van der Waals surface area contributed by atoms with Gasteiger partial charge in [0.05, 0.1) is 17.6 Å². The van der Waals surface area contributed by atoms with E-state index in [4.69, 9.17) is 17.3 Å². The van der Waals surface area contributed by atoms with Crippen molar-refractivity contribution in [2.75, 3.05) is 19.2 Å². The molecule has 2 atom stereocenters. The second-order valence-corrected chi connectivity index (χ2v) is 8.86. The van der Waals surface area contributed by atoms with Crippen molar-refractivity contribution in [3.8, 4) is 28.3 Å². The Kier molecular flexibility index (Phi) is 6.01. The van der Waals surface area contributed by atoms with Gasteiger partial charge in [0.1, 0.15) is 37.8 Å². The summed E-state index contributed by atoms with van der Waals surface area (Å²) in [7, 11) is 9.33. The molecule has 5 rings (SSSR count). The average molecular weight is 489 g/mol. The number of aliphatic hydroxyl groups is 1. The lowest BCUT2D eigenvalue weighted by Gasteiger charge is -2.24. The predicted octanol–water partition coefficient (Wildman–Crippen LogP) is 2.73. The third kappa shape index (κ3) is 4.33. The molecule has 0 spiro atoms. The first kappa shape index (κ1) is 24.0. The zero-order chi connectivity index (χ0) is 25.6. The van der Waals surface area contributed by atoms with Crippen LogP contribution in [-0.2, 0) is 23.8 Å². The van der Waals surface area contributed by atoms with Crippen molar-refractivity contribution < 1.29 is 19.0 Å². The van der Waals surface area contributed by atoms with E-state index in [0.29, 0.717) is 51.8 Å². The van der Waals surface area contributed by atoms with Crippen molar-refractivity contribution in [1.29, 1.82) is 0 Å². The topological polar surface area (TPSA) is 112 Å². The van der Waals surface area contributed by atoms with E-state index < -0.39 is 11.7 Å². The summed E-state index contributed by atoms with van der Waals surface area (Å²) in [6, 6.07) is 6.29. The fourth-order valence-electron chi connectivity index (χ4n) is 4.39. The lowest BCUT2D eigenvalue weighted by molar-refractivity contribution is 0.0608. The van der Waals surface area contributed by atoms with Gasteiger partial charge in [0.25, 0.3) is 0 Å². The van der Waals surface area contributed by atoms with Crippen molar-refractivity contribution >= 4 is 13.7 Å². The van der Waals surface area contributed by atoms with E-state index in [-0.39, 0.29) is 12.5 Å². The van der Waals surface area contributed by atoms with Crippen LogP contribution in [0.25, 0.3) is 22.5 Å². The molecule has 4 aromatic rings. The molecule has 12 heteroatoms. The summed E-state index contributed by atoms with van der Waals surface area (Å²) in [5.74, 6) is 0.456. The van der Waals surface area contributed by atoms with Gasteiger partial charge in [0, 0.05) is 49.0 Å². The van der Waals surface area contributed by atoms with Gasteiger partial charge in [0.15, 0.2) is 11.6 Å². The van der Waals surface area contributed by atoms with Gasteiger partial charge < -0.3 is 19.9 Å². The molecule has 1 unspecified atom stereocenters. The largest absolute Gasteiger partial charge is 0.482 e. The Morgan fingerprint density at radius 3 is 2.86 bits per heavy atom. The number of pyridine rings is 1. The van der Waals surface area contributed by atoms with E-state index in [0.717, 1.165) is 5.56 Å². The number of anilines is 1. The second-order valence-electron chi connectivity index (χ2n) is 8.86. The number of hydrogen-bond donors (Lipinski definition) is 2. The maximum Gasteiger partial charge on any atom is 0.170 e. The summed E-state index contributed by atoms with van der Waals surface area (Å²) >= 11 is 0. The molecule has 2 radical (unpaired) electrons. The molecule has 4 heterocycles. The minimum Gasteiger partial charge on any atom is -0.482 e. The van der Waals surface area contributed by atoms with Gasteiger partial charge in [-0.1, -0.05) is 0 Å². The van der Waals surface area contributed by atoms with Gasteiger partial charge in [-0.05, 0) is 38.1 Å². The molecule has 2 bridgehead atoms. The Labute approximate surface area is 208 Å². The van der Waals surface area contributed by atoms with Crippen LogP contribution >= 0.6 is 0 Å². The summed E-state index contributed by atoms with van der Waals surface area (Å²) < 4.78 is 27.2. The SMILES string of the molecule is [B]C(C)(O)n1ncc2c1-c1cnc(NCOC)c(c1)O[C@H](C)c1cc(F)ccc1-c1nn(C)nc1C2. The molecule has 0 amide bonds. The van der Waals surface area contributed by atoms with Gasteiger partial charge in [-0.15, -0.1) is 0 Å². The molecule has 3 aromatic heterocycles. The Bertz CT molecular complexity index is 1430. The third-order valence-corrected chi connectivity index (χ3v) is 5.94. The number of rotatable bonds is 4. The van der Waals surface area contributed by atoms with Gasteiger partial charge in [-0.2, -0.15) is 20.1 Å². The number of ether oxygens (including phenoxy) is 2. The minimum absolute atomic E-state index is 0.200. The van der Waals surface area contributed by atoms with E-state index in [1.807, 2.05) is 6.92 Å². The highest BCUT2D eigenvalue weighted by Gasteiger charge is 2.28. The van der Waals surface area contributed by atoms with Gasteiger partial charge >= 0.3 is 0 Å². The highest BCUT2D eigenvalue weighted by molar-refractivity contribution is 6.12. The quantitative estimate of drug-likeness (QED) is 0.333. The Hall–Kier alpha value is -3.77. The van der Waals surface area contributed by atoms with Crippen LogP contribution in [0.5, 0.6) is 5.75 Å². The highest BCUT2D eigenvalue weighted by atomic mass is 19.1. The molecule has 10 nitrogen and oxygen atoms in total. The molecule has 0 saturated heterocycles. The van der Waals surface area contributed by atoms with Crippen molar-refractivity contribution in [1.82, 2.24) is 29.8 Å². The molecule has 36 heavy (non-hydrogen) atoms. The Balaban J connectivity index is 1.79. The first-order chi connectivity index (χ1) is 17.2. The fraction of sp³-hybridized carbons (Fsp3) is 0.333. The molecule has 1 aromatic carbocycles. The van der Waals surface area contributed by atoms with Gasteiger partial charge in [0.2, 0.25) is 0 Å². The number of hydrogen-bond acceptors (Lipinski definition) is 8. The number of methoxy groups -OCH3 is 1. The number of nitrogens with one attached hydrogen (secondary N) is 1. The monoisotopic (exact) mass is 489 g/mol. The number of halogens is 1. The number of benzene rings is 1. The van der Waals surface area contributed by atoms with Crippen molar-refractivity contribution in [2.45, 2.75) is 32.0 Å². The zero-order valence-electron chi connectivity index (χ0n) is 20.4. The standard InChI is InChI=1S/C24H25BFN7O3/c1-13-18-9-16(26)5-6-17(18)21-19(30-32(3)31-21)7-14-11-29-33(24(2,25)34)22(14)15-8-20(36-13)23(27-10-15)28-12-35-4/h5-6,8-11,13,34H,7,12H2,1-4H3,(H,27,28)/t13-,24?/m1/s1. The summed E-state index contributed by atoms with van der Waals surface area (Å²) in [6.45, 7) is 3.47. The number of fused-ring (bicyclic) bond motifs is 7. The normalized spacial score (nSPS) is 16.4. The molecule has 184 valence electrons. The minimum atomic E-state index is -1.78. The summed E-state index contributed by atoms with van der Waals surface area (Å²) in [5, 5.41) is 27.3. The number of nitrogens with zero attached hydrogens (tertiary/aromatic N) is 6. The lowest BCUT2D eigenvalue weighted by atomic mass is 9.92. The Morgan fingerprint density at radius 2 is 2.11 bits per heavy atom. The average Bonchev–Trinajstić information content (AvgIpc) is 3.41. The molecular formula is C24H25BFN7O3. The van der Waals surface area contributed by atoms with Crippen LogP contribution in [-0.4, -0.2) is 56.6 Å². The van der Waals surface area contributed by atoms with Gasteiger partial charge in [-0.3, -0.25) is 0 Å². The van der Waals surface area contributed by atoms with Crippen LogP contribution in [0.2, 0.25) is 0 Å². The van der Waals surface area contributed by atoms with E-state index in [1.54, 1.807) is 38.7 Å². The summed E-state index contributed by atoms with van der Waals surface area (Å²) in [4.78, 5) is 6.01. The van der Waals surface area contributed by atoms with Crippen LogP contribution in [0.3, 0.4) is 0 Å². The van der Waals surface area contributed by atoms with Crippen molar-refractivity contribution in [3.63, 3.8) is 0 Å². The van der Waals surface area contributed by atoms with Gasteiger partial charge in [-0.25, -0.2) is 14.1 Å². The number of aromatic nitrogens is 6. The molecule has 2 N–H and O–H groups in total. The zero-order valence-corrected chi connectivity index (χ0v) is 20.4. The molecule has 0 aliphatic carbocycles. The van der Waals surface area contributed by atoms with Crippen molar-refractivity contribution in [2.24, 2.45) is 7.05 Å². The third-order valence-electron chi connectivity index (χ3n) is 5.94. The Morgan fingerprint density at radius 1 is 1.31 bits per heavy atom. The molecule has 1 aliphatic rings. The predicted molar refractivity (Wildman–Crippen MR) is 131 cm³/mol. The fourth-order valence-corrected chi connectivity index (χ4v) is 4.39. The maximum absolute atomic E-state index is 14.4. The molecule has 1 aliphatic heterocycles. The molecular weight excluding hydrogens is 464 g/mol. The molecule has 0 saturated carbocycles. The number of aryl methyl sites for hydroxylation is 1. The van der Waals surface area contributed by atoms with Crippen LogP contribution in [0, 0.1) is 5.82 Å². The first-order valence-corrected chi connectivity index (χ1v) is 11.3. The van der Waals surface area contributed by atoms with Crippen molar-refractivity contribution in [3.05, 3.63) is 59.3 Å². The van der Waals surface area contributed by atoms with Crippen LogP contribution in [0.1, 0.15) is 36.8 Å². The van der Waals surface area contributed by atoms with Crippen LogP contribution < -0.4 is 10.1 Å². The second kappa shape index (κ2) is 9.03. The molecule has 0 fully saturated rings. The lowest BCUT2D eigenvalue weighted by Crippen LogP contribution is -2.31. The summed E-state index contributed by atoms with van der Waals surface area (Å²) in [5.41, 5.74) is 2.70. The van der Waals surface area contributed by atoms with E-state index in [9.17, 15) is 9.50 Å². The summed E-state index contributed by atoms with van der Waals surface area (Å²) in [6.07, 6.45) is 3.02. The van der Waals surface area contributed by atoms with E-state index >= 15 is 0 Å². The van der Waals surface area contributed by atoms with Crippen LogP contribution in [0.4, 0.5) is 10.2 Å². The first-order valence-electron chi connectivity index (χ1n) is 11.3. The van der Waals surface area contributed by atoms with E-state index in [1.165, 1.54) is 28.5 Å². The highest BCUT2D eigenvalue weighted by Crippen LogP contribution is 2.39.